The summed E-state index contributed by atoms with van der Waals surface area (Å²) in [5, 5.41) is 32.5. The van der Waals surface area contributed by atoms with Crippen molar-refractivity contribution in [1.82, 2.24) is 9.78 Å². The van der Waals surface area contributed by atoms with Crippen LogP contribution in [0.3, 0.4) is 0 Å². The van der Waals surface area contributed by atoms with Crippen molar-refractivity contribution in [1.29, 1.82) is 5.26 Å². The summed E-state index contributed by atoms with van der Waals surface area (Å²) in [4.78, 5) is 0. The van der Waals surface area contributed by atoms with Crippen molar-refractivity contribution in [3.05, 3.63) is 47.3 Å². The third-order valence-electron chi connectivity index (χ3n) is 3.08. The number of aliphatic hydroxyl groups is 2. The number of benzene rings is 1. The van der Waals surface area contributed by atoms with Gasteiger partial charge < -0.3 is 10.2 Å². The second kappa shape index (κ2) is 5.22. The number of nitrogens with zero attached hydrogens (tertiary/aromatic N) is 3. The maximum atomic E-state index is 9.99. The van der Waals surface area contributed by atoms with Crippen LogP contribution in [-0.2, 0) is 0 Å². The monoisotopic (exact) mass is 257 g/mol. The molecular weight excluding hydrogens is 242 g/mol. The lowest BCUT2D eigenvalue weighted by Gasteiger charge is -2.12. The van der Waals surface area contributed by atoms with Crippen LogP contribution in [0.25, 0.3) is 5.69 Å². The van der Waals surface area contributed by atoms with Crippen LogP contribution in [0, 0.1) is 25.2 Å². The van der Waals surface area contributed by atoms with Crippen molar-refractivity contribution in [2.75, 3.05) is 0 Å². The van der Waals surface area contributed by atoms with Gasteiger partial charge >= 0.3 is 0 Å². The van der Waals surface area contributed by atoms with E-state index < -0.39 is 12.2 Å². The van der Waals surface area contributed by atoms with Crippen LogP contribution in [0.1, 0.15) is 23.1 Å². The number of hydrogen-bond donors (Lipinski definition) is 2. The molecule has 5 heteroatoms. The number of para-hydroxylation sites is 1. The quantitative estimate of drug-likeness (QED) is 0.814. The third kappa shape index (κ3) is 2.36. The molecule has 1 heterocycles. The van der Waals surface area contributed by atoms with Gasteiger partial charge in [-0.15, -0.1) is 0 Å². The zero-order valence-corrected chi connectivity index (χ0v) is 10.8. The van der Waals surface area contributed by atoms with Crippen molar-refractivity contribution in [3.63, 3.8) is 0 Å². The normalized spacial score (nSPS) is 13.8. The molecule has 1 aromatic heterocycles. The largest absolute Gasteiger partial charge is 0.384 e. The molecule has 0 aliphatic heterocycles. The lowest BCUT2D eigenvalue weighted by atomic mass is 10.0. The molecule has 5 nitrogen and oxygen atoms in total. The highest BCUT2D eigenvalue weighted by atomic mass is 16.3. The molecule has 2 atom stereocenters. The highest BCUT2D eigenvalue weighted by molar-refractivity contribution is 5.38. The van der Waals surface area contributed by atoms with Crippen molar-refractivity contribution < 1.29 is 10.2 Å². The SMILES string of the molecule is Cc1nn(-c2ccccc2)c(C)c1C(O)C(O)C#N. The van der Waals surface area contributed by atoms with E-state index in [1.165, 1.54) is 0 Å². The Balaban J connectivity index is 2.50. The summed E-state index contributed by atoms with van der Waals surface area (Å²) < 4.78 is 1.69. The maximum Gasteiger partial charge on any atom is 0.170 e. The molecule has 0 radical (unpaired) electrons. The number of nitriles is 1. The molecule has 2 aromatic rings. The Morgan fingerprint density at radius 3 is 2.42 bits per heavy atom. The number of aliphatic hydroxyl groups excluding tert-OH is 2. The average Bonchev–Trinajstić information content (AvgIpc) is 2.73. The van der Waals surface area contributed by atoms with Gasteiger partial charge in [-0.1, -0.05) is 18.2 Å². The fraction of sp³-hybridized carbons (Fsp3) is 0.286. The lowest BCUT2D eigenvalue weighted by Crippen LogP contribution is -2.17. The highest BCUT2D eigenvalue weighted by Gasteiger charge is 2.25. The second-order valence-electron chi connectivity index (χ2n) is 4.35. The molecule has 0 aliphatic rings. The van der Waals surface area contributed by atoms with Gasteiger partial charge in [0.1, 0.15) is 6.10 Å². The summed E-state index contributed by atoms with van der Waals surface area (Å²) in [6.07, 6.45) is -2.70. The standard InChI is InChI=1S/C14H15N3O2/c1-9-13(14(19)12(18)8-15)10(2)17(16-9)11-6-4-3-5-7-11/h3-7,12,14,18-19H,1-2H3. The van der Waals surface area contributed by atoms with Crippen LogP contribution < -0.4 is 0 Å². The topological polar surface area (TPSA) is 82.1 Å². The van der Waals surface area contributed by atoms with Gasteiger partial charge in [-0.3, -0.25) is 0 Å². The average molecular weight is 257 g/mol. The Labute approximate surface area is 111 Å². The third-order valence-corrected chi connectivity index (χ3v) is 3.08. The summed E-state index contributed by atoms with van der Waals surface area (Å²) in [5.41, 5.74) is 2.68. The Hall–Kier alpha value is -2.16. The van der Waals surface area contributed by atoms with Crippen molar-refractivity contribution in [2.24, 2.45) is 0 Å². The summed E-state index contributed by atoms with van der Waals surface area (Å²) in [6, 6.07) is 11.1. The minimum absolute atomic E-state index is 0.498. The fourth-order valence-corrected chi connectivity index (χ4v) is 2.13. The fourth-order valence-electron chi connectivity index (χ4n) is 2.13. The smallest absolute Gasteiger partial charge is 0.170 e. The number of aromatic nitrogens is 2. The van der Waals surface area contributed by atoms with Crippen molar-refractivity contribution >= 4 is 0 Å². The van der Waals surface area contributed by atoms with Gasteiger partial charge in [0.2, 0.25) is 0 Å². The molecule has 19 heavy (non-hydrogen) atoms. The van der Waals surface area contributed by atoms with Gasteiger partial charge in [-0.2, -0.15) is 10.4 Å². The molecule has 98 valence electrons. The lowest BCUT2D eigenvalue weighted by molar-refractivity contribution is 0.0519. The van der Waals surface area contributed by atoms with E-state index in [0.717, 1.165) is 5.69 Å². The van der Waals surface area contributed by atoms with E-state index in [4.69, 9.17) is 5.26 Å². The minimum Gasteiger partial charge on any atom is -0.384 e. The Bertz CT molecular complexity index is 614. The molecule has 0 fully saturated rings. The molecule has 2 rings (SSSR count). The zero-order chi connectivity index (χ0) is 14.0. The first-order valence-electron chi connectivity index (χ1n) is 5.93. The molecule has 2 N–H and O–H groups in total. The van der Waals surface area contributed by atoms with Crippen LogP contribution in [-0.4, -0.2) is 26.1 Å². The molecule has 0 bridgehead atoms. The van der Waals surface area contributed by atoms with Gasteiger partial charge in [0, 0.05) is 11.3 Å². The summed E-state index contributed by atoms with van der Waals surface area (Å²) >= 11 is 0. The van der Waals surface area contributed by atoms with E-state index in [9.17, 15) is 10.2 Å². The van der Waals surface area contributed by atoms with Gasteiger partial charge in [0.05, 0.1) is 17.5 Å². The van der Waals surface area contributed by atoms with Gasteiger partial charge in [-0.25, -0.2) is 4.68 Å². The maximum absolute atomic E-state index is 9.99. The highest BCUT2D eigenvalue weighted by Crippen LogP contribution is 2.26. The molecule has 0 spiro atoms. The van der Waals surface area contributed by atoms with Crippen LogP contribution >= 0.6 is 0 Å². The first kappa shape index (κ1) is 13.3. The summed E-state index contributed by atoms with van der Waals surface area (Å²) in [7, 11) is 0. The van der Waals surface area contributed by atoms with Crippen molar-refractivity contribution in [2.45, 2.75) is 26.1 Å². The molecule has 0 saturated heterocycles. The van der Waals surface area contributed by atoms with E-state index in [-0.39, 0.29) is 0 Å². The summed E-state index contributed by atoms with van der Waals surface area (Å²) in [5.74, 6) is 0. The van der Waals surface area contributed by atoms with E-state index in [2.05, 4.69) is 5.10 Å². The molecule has 1 aromatic carbocycles. The van der Waals surface area contributed by atoms with Crippen LogP contribution in [0.5, 0.6) is 0 Å². The van der Waals surface area contributed by atoms with E-state index in [1.54, 1.807) is 24.6 Å². The first-order chi connectivity index (χ1) is 9.06. The Morgan fingerprint density at radius 2 is 1.84 bits per heavy atom. The molecule has 0 saturated carbocycles. The predicted molar refractivity (Wildman–Crippen MR) is 69.6 cm³/mol. The molecule has 2 unspecified atom stereocenters. The summed E-state index contributed by atoms with van der Waals surface area (Å²) in [6.45, 7) is 3.55. The number of hydrogen-bond acceptors (Lipinski definition) is 4. The number of aryl methyl sites for hydroxylation is 1. The van der Waals surface area contributed by atoms with E-state index in [1.807, 2.05) is 30.3 Å². The van der Waals surface area contributed by atoms with Gasteiger partial charge in [-0.05, 0) is 26.0 Å². The van der Waals surface area contributed by atoms with Crippen LogP contribution in [0.2, 0.25) is 0 Å². The van der Waals surface area contributed by atoms with E-state index >= 15 is 0 Å². The van der Waals surface area contributed by atoms with Crippen molar-refractivity contribution in [3.8, 4) is 11.8 Å². The second-order valence-corrected chi connectivity index (χ2v) is 4.35. The first-order valence-corrected chi connectivity index (χ1v) is 5.93. The Kier molecular flexibility index (Phi) is 3.65. The van der Waals surface area contributed by atoms with Gasteiger partial charge in [0.25, 0.3) is 0 Å². The predicted octanol–water partition coefficient (Wildman–Crippen LogP) is 1.41. The van der Waals surface area contributed by atoms with Crippen LogP contribution in [0.15, 0.2) is 30.3 Å². The molecular formula is C14H15N3O2. The zero-order valence-electron chi connectivity index (χ0n) is 10.8. The van der Waals surface area contributed by atoms with Crippen LogP contribution in [0.4, 0.5) is 0 Å². The molecule has 0 amide bonds. The van der Waals surface area contributed by atoms with E-state index in [0.29, 0.717) is 17.0 Å². The number of rotatable bonds is 3. The minimum atomic E-state index is -1.45. The Morgan fingerprint density at radius 1 is 1.21 bits per heavy atom. The van der Waals surface area contributed by atoms with Gasteiger partial charge in [0.15, 0.2) is 6.10 Å². The molecule has 0 aliphatic carbocycles.